The van der Waals surface area contributed by atoms with E-state index in [2.05, 4.69) is 26.5 Å². The van der Waals surface area contributed by atoms with Gasteiger partial charge >= 0.3 is 0 Å². The van der Waals surface area contributed by atoms with Gasteiger partial charge in [0.15, 0.2) is 0 Å². The van der Waals surface area contributed by atoms with Gasteiger partial charge in [0.25, 0.3) is 0 Å². The summed E-state index contributed by atoms with van der Waals surface area (Å²) in [4.78, 5) is 17.4. The Hall–Kier alpha value is -2.17. The topological polar surface area (TPSA) is 71.4 Å². The summed E-state index contributed by atoms with van der Waals surface area (Å²) in [5.74, 6) is -0.0604. The molecule has 0 aromatic heterocycles. The van der Waals surface area contributed by atoms with Gasteiger partial charge in [0.1, 0.15) is 11.9 Å². The number of fused-ring (bicyclic) bond motifs is 2. The summed E-state index contributed by atoms with van der Waals surface area (Å²) in [5, 5.41) is 15.7. The molecule has 0 spiro atoms. The molecule has 6 nitrogen and oxygen atoms in total. The van der Waals surface area contributed by atoms with Crippen molar-refractivity contribution < 1.29 is 9.18 Å². The van der Waals surface area contributed by atoms with Crippen LogP contribution in [0.1, 0.15) is 37.7 Å². The van der Waals surface area contributed by atoms with Gasteiger partial charge in [-0.3, -0.25) is 9.69 Å². The van der Waals surface area contributed by atoms with Crippen molar-refractivity contribution >= 4 is 11.6 Å². The lowest BCUT2D eigenvalue weighted by Crippen LogP contribution is -2.50. The SMILES string of the molecule is N#CC(Cc1ccc(N2CCN(C3CC3)CC2)cc1F)NC(=O)C1NC2CCC1C2. The van der Waals surface area contributed by atoms with Crippen LogP contribution in [0.4, 0.5) is 10.1 Å². The van der Waals surface area contributed by atoms with Crippen LogP contribution >= 0.6 is 0 Å². The number of piperidine rings is 1. The number of amides is 1. The Balaban J connectivity index is 1.18. The summed E-state index contributed by atoms with van der Waals surface area (Å²) in [5.41, 5.74) is 1.37. The predicted octanol–water partition coefficient (Wildman–Crippen LogP) is 1.80. The molecule has 2 aliphatic heterocycles. The Morgan fingerprint density at radius 2 is 2.03 bits per heavy atom. The number of carbonyl (C=O) groups is 1. The van der Waals surface area contributed by atoms with Crippen LogP contribution in [0.5, 0.6) is 0 Å². The van der Waals surface area contributed by atoms with E-state index < -0.39 is 6.04 Å². The number of halogens is 1. The lowest BCUT2D eigenvalue weighted by Gasteiger charge is -2.36. The number of nitrogens with zero attached hydrogens (tertiary/aromatic N) is 3. The minimum atomic E-state index is -0.721. The third kappa shape index (κ3) is 4.03. The maximum absolute atomic E-state index is 14.8. The van der Waals surface area contributed by atoms with Gasteiger partial charge in [-0.2, -0.15) is 5.26 Å². The molecule has 5 rings (SSSR count). The van der Waals surface area contributed by atoms with E-state index in [-0.39, 0.29) is 24.2 Å². The minimum Gasteiger partial charge on any atom is -0.369 e. The van der Waals surface area contributed by atoms with Crippen molar-refractivity contribution in [2.24, 2.45) is 5.92 Å². The van der Waals surface area contributed by atoms with Crippen LogP contribution in [0, 0.1) is 23.1 Å². The highest BCUT2D eigenvalue weighted by molar-refractivity contribution is 5.83. The van der Waals surface area contributed by atoms with Crippen molar-refractivity contribution in [2.75, 3.05) is 31.1 Å². The van der Waals surface area contributed by atoms with E-state index in [1.54, 1.807) is 12.1 Å². The van der Waals surface area contributed by atoms with E-state index in [0.29, 0.717) is 17.5 Å². The van der Waals surface area contributed by atoms with Gasteiger partial charge in [-0.1, -0.05) is 6.07 Å². The molecule has 0 radical (unpaired) electrons. The maximum atomic E-state index is 14.8. The van der Waals surface area contributed by atoms with Crippen molar-refractivity contribution in [1.29, 1.82) is 5.26 Å². The molecule has 4 fully saturated rings. The molecule has 2 saturated carbocycles. The number of rotatable bonds is 6. The van der Waals surface area contributed by atoms with Gasteiger partial charge in [0.05, 0.1) is 12.1 Å². The highest BCUT2D eigenvalue weighted by Gasteiger charge is 2.43. The van der Waals surface area contributed by atoms with E-state index in [1.165, 1.54) is 12.8 Å². The lowest BCUT2D eigenvalue weighted by molar-refractivity contribution is -0.124. The molecule has 160 valence electrons. The smallest absolute Gasteiger partial charge is 0.238 e. The van der Waals surface area contributed by atoms with Gasteiger partial charge in [-0.25, -0.2) is 4.39 Å². The normalized spacial score (nSPS) is 29.6. The number of benzene rings is 1. The van der Waals surface area contributed by atoms with Gasteiger partial charge in [0.2, 0.25) is 5.91 Å². The Kier molecular flexibility index (Phi) is 5.38. The summed E-state index contributed by atoms with van der Waals surface area (Å²) >= 11 is 0. The fourth-order valence-corrected chi connectivity index (χ4v) is 5.44. The number of nitrogens with one attached hydrogen (secondary N) is 2. The summed E-state index contributed by atoms with van der Waals surface area (Å²) in [6.07, 6.45) is 6.06. The second-order valence-corrected chi connectivity index (χ2v) is 9.34. The molecule has 1 aromatic carbocycles. The molecular formula is C23H30FN5O. The molecule has 4 atom stereocenters. The van der Waals surface area contributed by atoms with Gasteiger partial charge < -0.3 is 15.5 Å². The number of carbonyl (C=O) groups excluding carboxylic acids is 1. The van der Waals surface area contributed by atoms with Crippen LogP contribution in [0.15, 0.2) is 18.2 Å². The van der Waals surface area contributed by atoms with E-state index >= 15 is 0 Å². The van der Waals surface area contributed by atoms with Crippen LogP contribution in [0.25, 0.3) is 0 Å². The molecule has 2 bridgehead atoms. The quantitative estimate of drug-likeness (QED) is 0.747. The Labute approximate surface area is 177 Å². The highest BCUT2D eigenvalue weighted by Crippen LogP contribution is 2.35. The molecule has 2 N–H and O–H groups in total. The second-order valence-electron chi connectivity index (χ2n) is 9.34. The summed E-state index contributed by atoms with van der Waals surface area (Å²) in [6, 6.07) is 7.70. The summed E-state index contributed by atoms with van der Waals surface area (Å²) in [7, 11) is 0. The number of anilines is 1. The van der Waals surface area contributed by atoms with Crippen LogP contribution < -0.4 is 15.5 Å². The van der Waals surface area contributed by atoms with Gasteiger partial charge in [0, 0.05) is 50.4 Å². The zero-order chi connectivity index (χ0) is 20.7. The van der Waals surface area contributed by atoms with Crippen molar-refractivity contribution in [3.63, 3.8) is 0 Å². The largest absolute Gasteiger partial charge is 0.369 e. The van der Waals surface area contributed by atoms with Crippen molar-refractivity contribution in [2.45, 2.75) is 62.7 Å². The van der Waals surface area contributed by atoms with E-state index in [4.69, 9.17) is 0 Å². The third-order valence-corrected chi connectivity index (χ3v) is 7.32. The molecule has 4 aliphatic rings. The molecular weight excluding hydrogens is 381 g/mol. The predicted molar refractivity (Wildman–Crippen MR) is 113 cm³/mol. The first kappa shape index (κ1) is 19.8. The highest BCUT2D eigenvalue weighted by atomic mass is 19.1. The number of piperazine rings is 1. The lowest BCUT2D eigenvalue weighted by atomic mass is 9.98. The molecule has 7 heteroatoms. The average molecular weight is 412 g/mol. The maximum Gasteiger partial charge on any atom is 0.238 e. The van der Waals surface area contributed by atoms with E-state index in [1.807, 2.05) is 6.07 Å². The average Bonchev–Trinajstić information content (AvgIpc) is 3.40. The second kappa shape index (κ2) is 8.16. The van der Waals surface area contributed by atoms with E-state index in [0.717, 1.165) is 57.2 Å². The molecule has 30 heavy (non-hydrogen) atoms. The van der Waals surface area contributed by atoms with Gasteiger partial charge in [-0.15, -0.1) is 0 Å². The van der Waals surface area contributed by atoms with Crippen LogP contribution in [0.3, 0.4) is 0 Å². The van der Waals surface area contributed by atoms with Crippen molar-refractivity contribution in [1.82, 2.24) is 15.5 Å². The molecule has 2 aliphatic carbocycles. The first-order chi connectivity index (χ1) is 14.6. The fraction of sp³-hybridized carbons (Fsp3) is 0.652. The number of nitriles is 1. The number of hydrogen-bond donors (Lipinski definition) is 2. The first-order valence-electron chi connectivity index (χ1n) is 11.3. The molecule has 2 saturated heterocycles. The summed E-state index contributed by atoms with van der Waals surface area (Å²) in [6.45, 7) is 3.91. The monoisotopic (exact) mass is 411 g/mol. The summed E-state index contributed by atoms with van der Waals surface area (Å²) < 4.78 is 14.8. The van der Waals surface area contributed by atoms with Crippen LogP contribution in [0.2, 0.25) is 0 Å². The van der Waals surface area contributed by atoms with Crippen LogP contribution in [-0.2, 0) is 11.2 Å². The zero-order valence-corrected chi connectivity index (χ0v) is 17.3. The van der Waals surface area contributed by atoms with Crippen LogP contribution in [-0.4, -0.2) is 61.2 Å². The molecule has 1 aromatic rings. The Morgan fingerprint density at radius 1 is 1.23 bits per heavy atom. The molecule has 4 unspecified atom stereocenters. The minimum absolute atomic E-state index is 0.126. The zero-order valence-electron chi connectivity index (χ0n) is 17.3. The fourth-order valence-electron chi connectivity index (χ4n) is 5.44. The van der Waals surface area contributed by atoms with Crippen molar-refractivity contribution in [3.8, 4) is 6.07 Å². The number of hydrogen-bond acceptors (Lipinski definition) is 5. The molecule has 1 amide bonds. The Morgan fingerprint density at radius 3 is 2.63 bits per heavy atom. The Bertz CT molecular complexity index is 842. The first-order valence-corrected chi connectivity index (χ1v) is 11.3. The molecule has 2 heterocycles. The standard InChI is InChI=1S/C23H30FN5O/c24-21-13-20(29-9-7-28(8-10-29)19-5-6-19)4-2-15(21)11-18(14-25)27-23(30)22-16-1-3-17(12-16)26-22/h2,4,13,16-19,22,26H,1,3,5-12H2,(H,27,30). The van der Waals surface area contributed by atoms with Gasteiger partial charge in [-0.05, 0) is 55.7 Å². The van der Waals surface area contributed by atoms with Crippen molar-refractivity contribution in [3.05, 3.63) is 29.6 Å². The van der Waals surface area contributed by atoms with E-state index in [9.17, 15) is 14.4 Å². The third-order valence-electron chi connectivity index (χ3n) is 7.32.